The predicted molar refractivity (Wildman–Crippen MR) is 85.0 cm³/mol. The Bertz CT molecular complexity index is 748. The molecule has 130 valence electrons. The fourth-order valence-electron chi connectivity index (χ4n) is 2.91. The summed E-state index contributed by atoms with van der Waals surface area (Å²) < 4.78 is 35.6. The zero-order valence-electron chi connectivity index (χ0n) is 13.0. The van der Waals surface area contributed by atoms with E-state index >= 15 is 0 Å². The van der Waals surface area contributed by atoms with Gasteiger partial charge in [-0.15, -0.1) is 0 Å². The van der Waals surface area contributed by atoms with Gasteiger partial charge < -0.3 is 10.6 Å². The van der Waals surface area contributed by atoms with E-state index in [0.29, 0.717) is 12.8 Å². The average Bonchev–Trinajstić information content (AvgIpc) is 3.26. The Labute approximate surface area is 139 Å². The van der Waals surface area contributed by atoms with Crippen molar-refractivity contribution >= 4 is 21.7 Å². The van der Waals surface area contributed by atoms with E-state index < -0.39 is 9.84 Å². The molecule has 2 fully saturated rings. The zero-order chi connectivity index (χ0) is 17.3. The lowest BCUT2D eigenvalue weighted by atomic mass is 10.2. The first-order valence-corrected chi connectivity index (χ1v) is 9.69. The third-order valence-corrected chi connectivity index (χ3v) is 6.19. The van der Waals surface area contributed by atoms with E-state index in [1.165, 1.54) is 12.1 Å². The number of rotatable bonds is 5. The van der Waals surface area contributed by atoms with E-state index in [4.69, 9.17) is 0 Å². The number of hydrogen-bond acceptors (Lipinski definition) is 4. The van der Waals surface area contributed by atoms with Crippen LogP contribution in [0.15, 0.2) is 24.3 Å². The zero-order valence-corrected chi connectivity index (χ0v) is 13.8. The molecule has 3 unspecified atom stereocenters. The first-order chi connectivity index (χ1) is 11.3. The summed E-state index contributed by atoms with van der Waals surface area (Å²) in [5, 5.41) is 5.46. The van der Waals surface area contributed by atoms with Crippen LogP contribution >= 0.6 is 0 Å². The van der Waals surface area contributed by atoms with Gasteiger partial charge in [0.05, 0.1) is 23.3 Å². The van der Waals surface area contributed by atoms with Crippen molar-refractivity contribution in [2.24, 2.45) is 11.8 Å². The van der Waals surface area contributed by atoms with Gasteiger partial charge >= 0.3 is 0 Å². The molecule has 24 heavy (non-hydrogen) atoms. The summed E-state index contributed by atoms with van der Waals surface area (Å²) in [5.41, 5.74) is 0.780. The van der Waals surface area contributed by atoms with Crippen LogP contribution in [0.5, 0.6) is 0 Å². The standard InChI is InChI=1S/C16H19FN2O4S/c17-11-3-1-10(2-4-11)8-18-15(20)13-7-14(13)16(21)19-12-5-6-24(22,23)9-12/h1-4,12-14H,5-9H2,(H,18,20)(H,19,21). The molecule has 1 aliphatic carbocycles. The molecular formula is C16H19FN2O4S. The van der Waals surface area contributed by atoms with Crippen molar-refractivity contribution in [3.05, 3.63) is 35.6 Å². The van der Waals surface area contributed by atoms with E-state index in [-0.39, 0.29) is 53.6 Å². The fraction of sp³-hybridized carbons (Fsp3) is 0.500. The van der Waals surface area contributed by atoms with Gasteiger partial charge in [0.1, 0.15) is 5.82 Å². The van der Waals surface area contributed by atoms with Gasteiger partial charge in [0, 0.05) is 12.6 Å². The molecule has 0 spiro atoms. The summed E-state index contributed by atoms with van der Waals surface area (Å²) in [6.45, 7) is 0.283. The molecule has 1 heterocycles. The van der Waals surface area contributed by atoms with Crippen LogP contribution < -0.4 is 10.6 Å². The maximum atomic E-state index is 12.8. The van der Waals surface area contributed by atoms with Crippen LogP contribution in [0.1, 0.15) is 18.4 Å². The third-order valence-electron chi connectivity index (χ3n) is 4.42. The van der Waals surface area contributed by atoms with Crippen molar-refractivity contribution in [2.45, 2.75) is 25.4 Å². The van der Waals surface area contributed by atoms with Crippen LogP contribution in [-0.4, -0.2) is 37.8 Å². The minimum Gasteiger partial charge on any atom is -0.352 e. The molecule has 2 aliphatic rings. The van der Waals surface area contributed by atoms with Crippen LogP contribution in [0.4, 0.5) is 4.39 Å². The predicted octanol–water partition coefficient (Wildman–Crippen LogP) is 0.381. The molecule has 0 bridgehead atoms. The second-order valence-corrected chi connectivity index (χ2v) is 8.63. The highest BCUT2D eigenvalue weighted by atomic mass is 32.2. The van der Waals surface area contributed by atoms with Gasteiger partial charge in [-0.05, 0) is 30.5 Å². The van der Waals surface area contributed by atoms with E-state index in [1.807, 2.05) is 0 Å². The Morgan fingerprint density at radius 2 is 1.79 bits per heavy atom. The lowest BCUT2D eigenvalue weighted by Crippen LogP contribution is -2.37. The quantitative estimate of drug-likeness (QED) is 0.800. The highest BCUT2D eigenvalue weighted by Gasteiger charge is 2.48. The number of halogens is 1. The summed E-state index contributed by atoms with van der Waals surface area (Å²) in [4.78, 5) is 24.1. The molecular weight excluding hydrogens is 335 g/mol. The molecule has 1 saturated heterocycles. The molecule has 1 aliphatic heterocycles. The second kappa shape index (κ2) is 6.51. The summed E-state index contributed by atoms with van der Waals surface area (Å²) in [6.07, 6.45) is 0.906. The fourth-order valence-corrected chi connectivity index (χ4v) is 4.59. The number of benzene rings is 1. The Hall–Kier alpha value is -1.96. The van der Waals surface area contributed by atoms with Crippen LogP contribution in [0.3, 0.4) is 0 Å². The van der Waals surface area contributed by atoms with Gasteiger partial charge in [-0.2, -0.15) is 0 Å². The van der Waals surface area contributed by atoms with Crippen LogP contribution in [0.25, 0.3) is 0 Å². The second-order valence-electron chi connectivity index (χ2n) is 6.40. The number of carbonyl (C=O) groups is 2. The topological polar surface area (TPSA) is 92.3 Å². The number of amides is 2. The van der Waals surface area contributed by atoms with E-state index in [0.717, 1.165) is 5.56 Å². The van der Waals surface area contributed by atoms with Gasteiger partial charge in [0.2, 0.25) is 11.8 Å². The maximum absolute atomic E-state index is 12.8. The minimum absolute atomic E-state index is 0.0209. The van der Waals surface area contributed by atoms with E-state index in [1.54, 1.807) is 12.1 Å². The number of carbonyl (C=O) groups excluding carboxylic acids is 2. The van der Waals surface area contributed by atoms with Crippen molar-refractivity contribution in [1.29, 1.82) is 0 Å². The molecule has 0 aromatic heterocycles. The van der Waals surface area contributed by atoms with Crippen LogP contribution in [-0.2, 0) is 26.0 Å². The lowest BCUT2D eigenvalue weighted by Gasteiger charge is -2.10. The summed E-state index contributed by atoms with van der Waals surface area (Å²) in [6, 6.07) is 5.49. The Morgan fingerprint density at radius 1 is 1.12 bits per heavy atom. The lowest BCUT2D eigenvalue weighted by molar-refractivity contribution is -0.127. The average molecular weight is 354 g/mol. The van der Waals surface area contributed by atoms with Gasteiger partial charge in [-0.25, -0.2) is 12.8 Å². The largest absolute Gasteiger partial charge is 0.352 e. The van der Waals surface area contributed by atoms with Gasteiger partial charge in [0.25, 0.3) is 0 Å². The highest BCUT2D eigenvalue weighted by molar-refractivity contribution is 7.91. The Balaban J connectivity index is 1.43. The summed E-state index contributed by atoms with van der Waals surface area (Å²) in [7, 11) is -3.04. The molecule has 1 aromatic rings. The SMILES string of the molecule is O=C(NCc1ccc(F)cc1)C1CC1C(=O)NC1CCS(=O)(=O)C1. The van der Waals surface area contributed by atoms with Crippen LogP contribution in [0.2, 0.25) is 0 Å². The molecule has 6 nitrogen and oxygen atoms in total. The Kier molecular flexibility index (Phi) is 4.58. The number of hydrogen-bond donors (Lipinski definition) is 2. The van der Waals surface area contributed by atoms with Gasteiger partial charge in [-0.1, -0.05) is 12.1 Å². The van der Waals surface area contributed by atoms with Gasteiger partial charge in [-0.3, -0.25) is 9.59 Å². The summed E-state index contributed by atoms with van der Waals surface area (Å²) in [5.74, 6) is -1.47. The molecule has 8 heteroatoms. The maximum Gasteiger partial charge on any atom is 0.224 e. The van der Waals surface area contributed by atoms with Crippen LogP contribution in [0, 0.1) is 17.7 Å². The molecule has 0 radical (unpaired) electrons. The first kappa shape index (κ1) is 16.9. The molecule has 1 saturated carbocycles. The van der Waals surface area contributed by atoms with Crippen molar-refractivity contribution in [3.8, 4) is 0 Å². The van der Waals surface area contributed by atoms with E-state index in [9.17, 15) is 22.4 Å². The monoisotopic (exact) mass is 354 g/mol. The van der Waals surface area contributed by atoms with E-state index in [2.05, 4.69) is 10.6 Å². The molecule has 3 rings (SSSR count). The Morgan fingerprint density at radius 3 is 2.42 bits per heavy atom. The van der Waals surface area contributed by atoms with Crippen molar-refractivity contribution in [3.63, 3.8) is 0 Å². The van der Waals surface area contributed by atoms with Gasteiger partial charge in [0.15, 0.2) is 9.84 Å². The molecule has 3 atom stereocenters. The smallest absolute Gasteiger partial charge is 0.224 e. The van der Waals surface area contributed by atoms with Crippen molar-refractivity contribution in [1.82, 2.24) is 10.6 Å². The van der Waals surface area contributed by atoms with Crippen molar-refractivity contribution in [2.75, 3.05) is 11.5 Å². The highest BCUT2D eigenvalue weighted by Crippen LogP contribution is 2.39. The molecule has 2 amide bonds. The van der Waals surface area contributed by atoms with Crippen molar-refractivity contribution < 1.29 is 22.4 Å². The molecule has 1 aromatic carbocycles. The third kappa shape index (κ3) is 4.11. The summed E-state index contributed by atoms with van der Waals surface area (Å²) >= 11 is 0. The number of nitrogens with one attached hydrogen (secondary N) is 2. The number of sulfone groups is 1. The minimum atomic E-state index is -3.04. The first-order valence-electron chi connectivity index (χ1n) is 7.87. The normalized spacial score (nSPS) is 27.5. The molecule has 2 N–H and O–H groups in total.